The number of sulfonamides is 1. The van der Waals surface area contributed by atoms with Gasteiger partial charge in [-0.05, 0) is 30.0 Å². The summed E-state index contributed by atoms with van der Waals surface area (Å²) in [7, 11) is -3.61. The summed E-state index contributed by atoms with van der Waals surface area (Å²) >= 11 is 5.61. The van der Waals surface area contributed by atoms with Crippen molar-refractivity contribution in [1.82, 2.24) is 4.72 Å². The molecular formula is C13H19ClFNO3S. The van der Waals surface area contributed by atoms with Crippen LogP contribution in [-0.4, -0.2) is 26.2 Å². The predicted octanol–water partition coefficient (Wildman–Crippen LogP) is 2.31. The van der Waals surface area contributed by atoms with Crippen LogP contribution in [0.1, 0.15) is 25.8 Å². The molecule has 114 valence electrons. The molecule has 0 amide bonds. The summed E-state index contributed by atoms with van der Waals surface area (Å²) in [5, 5.41) is 9.07. The molecule has 1 rings (SSSR count). The number of rotatable bonds is 7. The van der Waals surface area contributed by atoms with Crippen LogP contribution in [0.3, 0.4) is 0 Å². The molecule has 20 heavy (non-hydrogen) atoms. The van der Waals surface area contributed by atoms with E-state index in [0.29, 0.717) is 12.0 Å². The fraction of sp³-hybridized carbons (Fsp3) is 0.538. The van der Waals surface area contributed by atoms with Crippen molar-refractivity contribution in [3.8, 4) is 0 Å². The van der Waals surface area contributed by atoms with Crippen LogP contribution in [0, 0.1) is 11.7 Å². The fourth-order valence-corrected chi connectivity index (χ4v) is 3.46. The van der Waals surface area contributed by atoms with E-state index in [-0.39, 0.29) is 23.3 Å². The number of hydrogen-bond acceptors (Lipinski definition) is 3. The first-order valence-corrected chi connectivity index (χ1v) is 8.31. The molecular weight excluding hydrogens is 305 g/mol. The highest BCUT2D eigenvalue weighted by molar-refractivity contribution is 7.88. The minimum atomic E-state index is -3.61. The maximum atomic E-state index is 13.0. The number of hydrogen-bond donors (Lipinski definition) is 2. The number of aliphatic hydroxyl groups is 1. The van der Waals surface area contributed by atoms with Crippen molar-refractivity contribution in [2.24, 2.45) is 5.92 Å². The molecule has 7 heteroatoms. The van der Waals surface area contributed by atoms with Crippen LogP contribution in [-0.2, 0) is 15.8 Å². The molecule has 0 aromatic heterocycles. The topological polar surface area (TPSA) is 66.4 Å². The van der Waals surface area contributed by atoms with Crippen molar-refractivity contribution < 1.29 is 17.9 Å². The molecule has 0 bridgehead atoms. The van der Waals surface area contributed by atoms with Gasteiger partial charge in [-0.25, -0.2) is 17.5 Å². The number of aliphatic hydroxyl groups excluding tert-OH is 1. The average Bonchev–Trinajstić information content (AvgIpc) is 2.31. The van der Waals surface area contributed by atoms with Gasteiger partial charge in [0.05, 0.1) is 17.4 Å². The molecule has 0 heterocycles. The second kappa shape index (κ2) is 7.36. The van der Waals surface area contributed by atoms with Gasteiger partial charge in [-0.1, -0.05) is 31.5 Å². The molecule has 1 aromatic carbocycles. The van der Waals surface area contributed by atoms with Crippen molar-refractivity contribution in [2.75, 3.05) is 6.61 Å². The van der Waals surface area contributed by atoms with E-state index in [2.05, 4.69) is 4.72 Å². The van der Waals surface area contributed by atoms with Crippen LogP contribution < -0.4 is 4.72 Å². The smallest absolute Gasteiger partial charge is 0.216 e. The van der Waals surface area contributed by atoms with Gasteiger partial charge in [-0.15, -0.1) is 0 Å². The summed E-state index contributed by atoms with van der Waals surface area (Å²) in [6, 6.07) is 3.27. The van der Waals surface area contributed by atoms with Gasteiger partial charge in [0.2, 0.25) is 10.0 Å². The average molecular weight is 324 g/mol. The molecule has 0 aliphatic rings. The van der Waals surface area contributed by atoms with Gasteiger partial charge in [-0.2, -0.15) is 0 Å². The summed E-state index contributed by atoms with van der Waals surface area (Å²) < 4.78 is 39.4. The third kappa shape index (κ3) is 5.75. The molecule has 4 nitrogen and oxygen atoms in total. The molecule has 2 N–H and O–H groups in total. The Kier molecular flexibility index (Phi) is 6.39. The molecule has 1 atom stereocenters. The minimum absolute atomic E-state index is 0.112. The highest BCUT2D eigenvalue weighted by atomic mass is 35.5. The van der Waals surface area contributed by atoms with Crippen molar-refractivity contribution >= 4 is 21.6 Å². The maximum absolute atomic E-state index is 13.0. The Morgan fingerprint density at radius 1 is 1.40 bits per heavy atom. The minimum Gasteiger partial charge on any atom is -0.395 e. The first-order chi connectivity index (χ1) is 9.23. The summed E-state index contributed by atoms with van der Waals surface area (Å²) in [5.41, 5.74) is 0.394. The van der Waals surface area contributed by atoms with Gasteiger partial charge in [0.25, 0.3) is 0 Å². The second-order valence-electron chi connectivity index (χ2n) is 5.13. The van der Waals surface area contributed by atoms with E-state index in [1.54, 1.807) is 0 Å². The highest BCUT2D eigenvalue weighted by Crippen LogP contribution is 2.17. The van der Waals surface area contributed by atoms with E-state index in [0.717, 1.165) is 6.07 Å². The monoisotopic (exact) mass is 323 g/mol. The first kappa shape index (κ1) is 17.4. The normalized spacial score (nSPS) is 13.7. The zero-order valence-corrected chi connectivity index (χ0v) is 13.0. The molecule has 1 aromatic rings. The lowest BCUT2D eigenvalue weighted by molar-refractivity contribution is 0.240. The molecule has 0 saturated carbocycles. The van der Waals surface area contributed by atoms with Crippen molar-refractivity contribution in [2.45, 2.75) is 32.1 Å². The standard InChI is InChI=1S/C13H19ClFNO3S/c1-9(2)5-11(7-17)16-20(18,19)8-10-3-4-13(15)12(14)6-10/h3-4,6,9,11,16-17H,5,7-8H2,1-2H3. The Balaban J connectivity index is 2.75. The second-order valence-corrected chi connectivity index (χ2v) is 7.30. The Bertz CT molecular complexity index is 549. The molecule has 0 spiro atoms. The van der Waals surface area contributed by atoms with Crippen LogP contribution in [0.25, 0.3) is 0 Å². The van der Waals surface area contributed by atoms with E-state index >= 15 is 0 Å². The lowest BCUT2D eigenvalue weighted by atomic mass is 10.1. The quantitative estimate of drug-likeness (QED) is 0.809. The van der Waals surface area contributed by atoms with Crippen LogP contribution in [0.5, 0.6) is 0 Å². The zero-order valence-electron chi connectivity index (χ0n) is 11.4. The summed E-state index contributed by atoms with van der Waals surface area (Å²) in [6.07, 6.45) is 0.542. The Labute approximate surface area is 124 Å². The predicted molar refractivity (Wildman–Crippen MR) is 77.5 cm³/mol. The number of benzene rings is 1. The summed E-state index contributed by atoms with van der Waals surface area (Å²) in [5.74, 6) is -0.634. The van der Waals surface area contributed by atoms with Crippen LogP contribution in [0.15, 0.2) is 18.2 Å². The van der Waals surface area contributed by atoms with Gasteiger partial charge < -0.3 is 5.11 Å². The fourth-order valence-electron chi connectivity index (χ4n) is 1.87. The molecule has 0 aliphatic carbocycles. The number of halogens is 2. The highest BCUT2D eigenvalue weighted by Gasteiger charge is 2.19. The molecule has 0 radical (unpaired) electrons. The third-order valence-corrected chi connectivity index (χ3v) is 4.36. The molecule has 0 saturated heterocycles. The Morgan fingerprint density at radius 2 is 2.05 bits per heavy atom. The van der Waals surface area contributed by atoms with E-state index in [1.807, 2.05) is 13.8 Å². The van der Waals surface area contributed by atoms with Gasteiger partial charge >= 0.3 is 0 Å². The number of nitrogens with one attached hydrogen (secondary N) is 1. The lowest BCUT2D eigenvalue weighted by Gasteiger charge is -2.18. The zero-order chi connectivity index (χ0) is 15.3. The maximum Gasteiger partial charge on any atom is 0.216 e. The molecule has 0 aliphatic heterocycles. The van der Waals surface area contributed by atoms with E-state index in [9.17, 15) is 17.9 Å². The third-order valence-electron chi connectivity index (χ3n) is 2.66. The SMILES string of the molecule is CC(C)CC(CO)NS(=O)(=O)Cc1ccc(F)c(Cl)c1. The van der Waals surface area contributed by atoms with Gasteiger partial charge in [-0.3, -0.25) is 0 Å². The van der Waals surface area contributed by atoms with E-state index in [4.69, 9.17) is 11.6 Å². The lowest BCUT2D eigenvalue weighted by Crippen LogP contribution is -2.39. The van der Waals surface area contributed by atoms with Crippen LogP contribution in [0.4, 0.5) is 4.39 Å². The Morgan fingerprint density at radius 3 is 2.55 bits per heavy atom. The van der Waals surface area contributed by atoms with Gasteiger partial charge in [0.1, 0.15) is 5.82 Å². The van der Waals surface area contributed by atoms with Crippen LogP contribution >= 0.6 is 11.6 Å². The molecule has 1 unspecified atom stereocenters. The summed E-state index contributed by atoms with van der Waals surface area (Å²) in [6.45, 7) is 3.62. The van der Waals surface area contributed by atoms with E-state index in [1.165, 1.54) is 12.1 Å². The van der Waals surface area contributed by atoms with Crippen LogP contribution in [0.2, 0.25) is 5.02 Å². The van der Waals surface area contributed by atoms with Crippen molar-refractivity contribution in [3.05, 3.63) is 34.6 Å². The first-order valence-electron chi connectivity index (χ1n) is 6.28. The van der Waals surface area contributed by atoms with Gasteiger partial charge in [0, 0.05) is 6.04 Å². The largest absolute Gasteiger partial charge is 0.395 e. The summed E-state index contributed by atoms with van der Waals surface area (Å²) in [4.78, 5) is 0. The molecule has 0 fully saturated rings. The van der Waals surface area contributed by atoms with Gasteiger partial charge in [0.15, 0.2) is 0 Å². The Hall–Kier alpha value is -0.690. The van der Waals surface area contributed by atoms with Crippen molar-refractivity contribution in [1.29, 1.82) is 0 Å². The van der Waals surface area contributed by atoms with Crippen molar-refractivity contribution in [3.63, 3.8) is 0 Å². The van der Waals surface area contributed by atoms with E-state index < -0.39 is 21.9 Å².